The molecule has 0 amide bonds. The molecule has 0 saturated carbocycles. The lowest BCUT2D eigenvalue weighted by atomic mass is 10.2. The van der Waals surface area contributed by atoms with Crippen LogP contribution < -0.4 is 9.16 Å². The van der Waals surface area contributed by atoms with Crippen molar-refractivity contribution in [3.8, 4) is 11.5 Å². The number of ether oxygens (including phenoxy) is 1. The largest absolute Gasteiger partial charge is 0.542 e. The van der Waals surface area contributed by atoms with Crippen LogP contribution in [0.15, 0.2) is 18.2 Å². The first kappa shape index (κ1) is 17.6. The van der Waals surface area contributed by atoms with E-state index in [1.54, 1.807) is 13.2 Å². The first-order valence-electron chi connectivity index (χ1n) is 7.62. The zero-order valence-electron chi connectivity index (χ0n) is 14.9. The maximum absolute atomic E-state index is 12.2. The average Bonchev–Trinajstić information content (AvgIpc) is 2.76. The second-order valence-corrected chi connectivity index (χ2v) is 16.3. The van der Waals surface area contributed by atoms with Gasteiger partial charge in [0.2, 0.25) is 16.6 Å². The van der Waals surface area contributed by atoms with E-state index in [-0.39, 0.29) is 5.97 Å². The Bertz CT molecular complexity index is 726. The van der Waals surface area contributed by atoms with Crippen LogP contribution in [0, 0.1) is 0 Å². The van der Waals surface area contributed by atoms with Crippen molar-refractivity contribution in [2.75, 3.05) is 7.11 Å². The van der Waals surface area contributed by atoms with Crippen molar-refractivity contribution in [3.05, 3.63) is 23.9 Å². The molecule has 1 aromatic carbocycles. The third-order valence-electron chi connectivity index (χ3n) is 2.94. The summed E-state index contributed by atoms with van der Waals surface area (Å²) in [6, 6.07) is 5.57. The summed E-state index contributed by atoms with van der Waals surface area (Å²) in [6.07, 6.45) is 0. The Morgan fingerprint density at radius 3 is 2.13 bits per heavy atom. The van der Waals surface area contributed by atoms with Gasteiger partial charge in [0.1, 0.15) is 11.4 Å². The van der Waals surface area contributed by atoms with Gasteiger partial charge in [0.25, 0.3) is 0 Å². The Morgan fingerprint density at radius 2 is 1.61 bits per heavy atom. The molecule has 23 heavy (non-hydrogen) atoms. The monoisotopic (exact) mass is 351 g/mol. The van der Waals surface area contributed by atoms with E-state index in [0.717, 1.165) is 10.9 Å². The molecule has 0 fully saturated rings. The van der Waals surface area contributed by atoms with Gasteiger partial charge in [-0.1, -0.05) is 0 Å². The number of aromatic amines is 1. The molecule has 0 bridgehead atoms. The van der Waals surface area contributed by atoms with Crippen molar-refractivity contribution >= 4 is 33.5 Å². The van der Waals surface area contributed by atoms with Crippen LogP contribution in [0.2, 0.25) is 39.3 Å². The van der Waals surface area contributed by atoms with Crippen molar-refractivity contribution in [3.63, 3.8) is 0 Å². The van der Waals surface area contributed by atoms with Gasteiger partial charge in [-0.2, -0.15) is 0 Å². The minimum atomic E-state index is -1.93. The number of rotatable bonds is 5. The number of aromatic nitrogens is 1. The molecule has 0 radical (unpaired) electrons. The lowest BCUT2D eigenvalue weighted by molar-refractivity contribution is 0.0719. The van der Waals surface area contributed by atoms with E-state index in [2.05, 4.69) is 24.6 Å². The molecule has 126 valence electrons. The predicted octanol–water partition coefficient (Wildman–Crippen LogP) is 4.38. The molecule has 0 aliphatic rings. The van der Waals surface area contributed by atoms with Crippen molar-refractivity contribution < 1.29 is 18.4 Å². The van der Waals surface area contributed by atoms with Gasteiger partial charge in [0.05, 0.1) is 12.6 Å². The topological polar surface area (TPSA) is 60.6 Å². The number of fused-ring (bicyclic) bond motifs is 1. The standard InChI is InChI=1S/C16H25NO4Si2/c1-19-14-10-12-11(9-15(14)20-22(2,3)4)8-13(17-12)16(18)21-23(5,6)7/h8-10,17H,1-7H3. The molecule has 0 unspecified atom stereocenters. The van der Waals surface area contributed by atoms with Gasteiger partial charge in [-0.05, 0) is 51.4 Å². The van der Waals surface area contributed by atoms with Gasteiger partial charge >= 0.3 is 5.97 Å². The fourth-order valence-corrected chi connectivity index (χ4v) is 3.64. The van der Waals surface area contributed by atoms with Gasteiger partial charge in [-0.15, -0.1) is 0 Å². The molecule has 1 heterocycles. The highest BCUT2D eigenvalue weighted by Gasteiger charge is 2.23. The smallest absolute Gasteiger partial charge is 0.341 e. The highest BCUT2D eigenvalue weighted by molar-refractivity contribution is 6.71. The number of nitrogens with one attached hydrogen (secondary N) is 1. The van der Waals surface area contributed by atoms with Gasteiger partial charge in [0.15, 0.2) is 5.75 Å². The fourth-order valence-electron chi connectivity index (χ4n) is 2.15. The number of hydrogen-bond acceptors (Lipinski definition) is 4. The third-order valence-corrected chi connectivity index (χ3v) is 4.57. The first-order chi connectivity index (χ1) is 10.5. The molecular formula is C16H25NO4Si2. The van der Waals surface area contributed by atoms with Gasteiger partial charge < -0.3 is 18.6 Å². The Labute approximate surface area is 139 Å². The summed E-state index contributed by atoms with van der Waals surface area (Å²) in [4.78, 5) is 15.3. The normalized spacial score (nSPS) is 12.3. The molecule has 7 heteroatoms. The number of methoxy groups -OCH3 is 1. The Kier molecular flexibility index (Phi) is 4.63. The number of H-pyrrole nitrogens is 1. The highest BCUT2D eigenvalue weighted by Crippen LogP contribution is 2.34. The van der Waals surface area contributed by atoms with Crippen LogP contribution in [0.25, 0.3) is 10.9 Å². The molecule has 2 aromatic rings. The van der Waals surface area contributed by atoms with Crippen LogP contribution >= 0.6 is 0 Å². The third kappa shape index (κ3) is 4.62. The van der Waals surface area contributed by atoms with Crippen LogP contribution in [0.3, 0.4) is 0 Å². The zero-order chi connectivity index (χ0) is 17.4. The van der Waals surface area contributed by atoms with Crippen LogP contribution in [0.5, 0.6) is 11.5 Å². The van der Waals surface area contributed by atoms with Crippen LogP contribution in [0.1, 0.15) is 10.5 Å². The molecule has 5 nitrogen and oxygen atoms in total. The summed E-state index contributed by atoms with van der Waals surface area (Å²) in [6.45, 7) is 12.3. The van der Waals surface area contributed by atoms with Crippen LogP contribution in [0.4, 0.5) is 0 Å². The minimum absolute atomic E-state index is 0.313. The minimum Gasteiger partial charge on any atom is -0.542 e. The quantitative estimate of drug-likeness (QED) is 0.812. The second-order valence-electron chi connectivity index (χ2n) is 7.49. The Morgan fingerprint density at radius 1 is 0.957 bits per heavy atom. The van der Waals surface area contributed by atoms with E-state index in [0.29, 0.717) is 17.2 Å². The van der Waals surface area contributed by atoms with E-state index in [1.807, 2.05) is 31.8 Å². The molecule has 1 aromatic heterocycles. The maximum atomic E-state index is 12.2. The summed E-state index contributed by atoms with van der Waals surface area (Å²) in [5.41, 5.74) is 1.28. The van der Waals surface area contributed by atoms with Crippen LogP contribution in [-0.2, 0) is 4.43 Å². The predicted molar refractivity (Wildman–Crippen MR) is 97.6 cm³/mol. The zero-order valence-corrected chi connectivity index (χ0v) is 16.9. The second kappa shape index (κ2) is 6.05. The summed E-state index contributed by atoms with van der Waals surface area (Å²) in [5.74, 6) is 1.06. The molecular weight excluding hydrogens is 326 g/mol. The summed E-state index contributed by atoms with van der Waals surface area (Å²) < 4.78 is 17.0. The van der Waals surface area contributed by atoms with E-state index < -0.39 is 16.6 Å². The fraction of sp³-hybridized carbons (Fsp3) is 0.438. The first-order valence-corrected chi connectivity index (χ1v) is 14.4. The van der Waals surface area contributed by atoms with Crippen LogP contribution in [-0.4, -0.2) is 34.7 Å². The maximum Gasteiger partial charge on any atom is 0.341 e. The van der Waals surface area contributed by atoms with Crippen molar-refractivity contribution in [1.29, 1.82) is 0 Å². The average molecular weight is 352 g/mol. The summed E-state index contributed by atoms with van der Waals surface area (Å²) in [5, 5.41) is 0.904. The summed E-state index contributed by atoms with van der Waals surface area (Å²) >= 11 is 0. The number of hydrogen-bond donors (Lipinski definition) is 1. The number of carbonyl (C=O) groups excluding carboxylic acids is 1. The molecule has 0 aliphatic carbocycles. The van der Waals surface area contributed by atoms with E-state index in [4.69, 9.17) is 13.6 Å². The SMILES string of the molecule is COc1cc2[nH]c(C(=O)O[Si](C)(C)C)cc2cc1O[Si](C)(C)C. The van der Waals surface area contributed by atoms with Gasteiger partial charge in [0, 0.05) is 11.5 Å². The molecule has 0 spiro atoms. The lowest BCUT2D eigenvalue weighted by Gasteiger charge is -2.21. The Hall–Kier alpha value is -1.74. The number of benzene rings is 1. The number of carbonyl (C=O) groups is 1. The van der Waals surface area contributed by atoms with E-state index in [1.165, 1.54) is 0 Å². The molecule has 1 N–H and O–H groups in total. The molecule has 0 atom stereocenters. The van der Waals surface area contributed by atoms with Gasteiger partial charge in [-0.3, -0.25) is 0 Å². The van der Waals surface area contributed by atoms with Crippen molar-refractivity contribution in [2.24, 2.45) is 0 Å². The highest BCUT2D eigenvalue weighted by atomic mass is 28.4. The van der Waals surface area contributed by atoms with Crippen molar-refractivity contribution in [1.82, 2.24) is 4.98 Å². The van der Waals surface area contributed by atoms with Crippen molar-refractivity contribution in [2.45, 2.75) is 39.3 Å². The van der Waals surface area contributed by atoms with E-state index in [9.17, 15) is 4.79 Å². The molecule has 0 aliphatic heterocycles. The Balaban J connectivity index is 2.41. The molecule has 0 saturated heterocycles. The summed E-state index contributed by atoms with van der Waals surface area (Å²) in [7, 11) is -2.07. The van der Waals surface area contributed by atoms with Gasteiger partial charge in [-0.25, -0.2) is 4.79 Å². The van der Waals surface area contributed by atoms with E-state index >= 15 is 0 Å². The lowest BCUT2D eigenvalue weighted by Crippen LogP contribution is -2.29. The molecule has 2 rings (SSSR count).